The van der Waals surface area contributed by atoms with E-state index in [9.17, 15) is 44.4 Å². The number of carbonyl (C=O) groups is 4. The van der Waals surface area contributed by atoms with Gasteiger partial charge >= 0.3 is 35.5 Å². The zero-order valence-electron chi connectivity index (χ0n) is 24.9. The summed E-state index contributed by atoms with van der Waals surface area (Å²) in [6, 6.07) is 4.36. The summed E-state index contributed by atoms with van der Waals surface area (Å²) in [6.07, 6.45) is 0.810. The van der Waals surface area contributed by atoms with E-state index in [-0.39, 0.29) is 69.0 Å². The summed E-state index contributed by atoms with van der Waals surface area (Å²) in [4.78, 5) is 66.7. The van der Waals surface area contributed by atoms with Crippen LogP contribution in [0.15, 0.2) is 68.3 Å². The van der Waals surface area contributed by atoms with Crippen LogP contribution < -0.4 is 50.7 Å². The molecule has 0 spiro atoms. The van der Waals surface area contributed by atoms with E-state index in [1.165, 1.54) is 52.5 Å². The van der Waals surface area contributed by atoms with E-state index in [1.807, 2.05) is 0 Å². The Balaban J connectivity index is 0.00000451. The van der Waals surface area contributed by atoms with Gasteiger partial charge in [0.2, 0.25) is 16.5 Å². The second kappa shape index (κ2) is 13.9. The average molecular weight is 704 g/mol. The molecule has 242 valence electrons. The number of thioether (sulfide) groups is 2. The largest absolute Gasteiger partial charge is 1.00 e. The van der Waals surface area contributed by atoms with Crippen molar-refractivity contribution in [1.82, 2.24) is 35.7 Å². The van der Waals surface area contributed by atoms with Crippen LogP contribution in [-0.4, -0.2) is 87.0 Å². The maximum Gasteiger partial charge on any atom is 1.00 e. The fraction of sp³-hybridized carbons (Fsp3) is 0.214. The molecule has 6 rings (SSSR count). The Hall–Kier alpha value is -4.56. The SMILES string of the molecule is Cn1nnnc1SCC1=C(C(=O)O)N2C(=O)[C@@H](NC(=O)C(NC(=O)c3coc4cc([O-])c(O)cc4c3=O)c3ccc(O)cc3)[C@@H]2SC1.[Na+]. The molecule has 48 heavy (non-hydrogen) atoms. The first-order valence-corrected chi connectivity index (χ1v) is 15.6. The summed E-state index contributed by atoms with van der Waals surface area (Å²) in [6.45, 7) is 0. The van der Waals surface area contributed by atoms with Gasteiger partial charge in [-0.25, -0.2) is 9.48 Å². The minimum absolute atomic E-state index is 0. The average Bonchev–Trinajstić information content (AvgIpc) is 3.46. The Morgan fingerprint density at radius 1 is 1.19 bits per heavy atom. The second-order valence-electron chi connectivity index (χ2n) is 10.3. The Morgan fingerprint density at radius 2 is 1.92 bits per heavy atom. The summed E-state index contributed by atoms with van der Waals surface area (Å²) >= 11 is 2.45. The number of rotatable bonds is 9. The molecule has 1 fully saturated rings. The number of nitrogens with zero attached hydrogens (tertiary/aromatic N) is 5. The van der Waals surface area contributed by atoms with Gasteiger partial charge in [-0.2, -0.15) is 0 Å². The predicted molar refractivity (Wildman–Crippen MR) is 161 cm³/mol. The summed E-state index contributed by atoms with van der Waals surface area (Å²) in [7, 11) is 1.63. The summed E-state index contributed by atoms with van der Waals surface area (Å²) in [5, 5.41) is 56.8. The monoisotopic (exact) mass is 703 g/mol. The van der Waals surface area contributed by atoms with Gasteiger partial charge in [0.1, 0.15) is 52.1 Å². The van der Waals surface area contributed by atoms with Gasteiger partial charge in [-0.15, -0.1) is 16.9 Å². The fourth-order valence-corrected chi connectivity index (χ4v) is 7.34. The van der Waals surface area contributed by atoms with Crippen molar-refractivity contribution in [2.45, 2.75) is 22.6 Å². The summed E-state index contributed by atoms with van der Waals surface area (Å²) < 4.78 is 6.69. The van der Waals surface area contributed by atoms with Crippen molar-refractivity contribution < 1.29 is 73.6 Å². The topological polar surface area (TPSA) is 253 Å². The van der Waals surface area contributed by atoms with Crippen LogP contribution >= 0.6 is 23.5 Å². The van der Waals surface area contributed by atoms with E-state index in [0.717, 1.165) is 23.3 Å². The molecule has 0 bridgehead atoms. The molecule has 2 aliphatic heterocycles. The van der Waals surface area contributed by atoms with Gasteiger partial charge in [0.25, 0.3) is 11.8 Å². The van der Waals surface area contributed by atoms with Crippen LogP contribution in [0.25, 0.3) is 11.0 Å². The molecule has 2 aliphatic rings. The number of hydrogen-bond acceptors (Lipinski definition) is 14. The summed E-state index contributed by atoms with van der Waals surface area (Å²) in [5.41, 5.74) is -1.15. The number of fused-ring (bicyclic) bond motifs is 2. The smallest absolute Gasteiger partial charge is 0.870 e. The Bertz CT molecular complexity index is 2050. The minimum atomic E-state index is -1.49. The van der Waals surface area contributed by atoms with Crippen molar-refractivity contribution in [1.29, 1.82) is 0 Å². The van der Waals surface area contributed by atoms with Crippen molar-refractivity contribution in [2.24, 2.45) is 7.05 Å². The molecule has 4 heterocycles. The van der Waals surface area contributed by atoms with E-state index in [4.69, 9.17) is 4.42 Å². The third-order valence-electron chi connectivity index (χ3n) is 7.37. The van der Waals surface area contributed by atoms with Crippen LogP contribution in [0.3, 0.4) is 0 Å². The number of aromatic nitrogens is 4. The van der Waals surface area contributed by atoms with Gasteiger partial charge in [-0.1, -0.05) is 29.6 Å². The van der Waals surface area contributed by atoms with Crippen LogP contribution in [0.1, 0.15) is 22.0 Å². The van der Waals surface area contributed by atoms with Gasteiger partial charge in [-0.3, -0.25) is 24.1 Å². The minimum Gasteiger partial charge on any atom is -0.870 e. The van der Waals surface area contributed by atoms with Crippen LogP contribution in [0.4, 0.5) is 0 Å². The van der Waals surface area contributed by atoms with Gasteiger partial charge in [0, 0.05) is 18.6 Å². The molecule has 3 atom stereocenters. The van der Waals surface area contributed by atoms with Crippen molar-refractivity contribution in [3.63, 3.8) is 0 Å². The number of aromatic hydroxyl groups is 2. The van der Waals surface area contributed by atoms with Crippen LogP contribution in [-0.2, 0) is 21.4 Å². The van der Waals surface area contributed by atoms with Crippen molar-refractivity contribution in [2.75, 3.05) is 11.5 Å². The standard InChI is InChI=1S/C28H23N7O10S2.Na/c1-34-28(31-32-33-34)47-10-12-9-46-26-20(25(42)35(26)21(12)27(43)44)30-24(41)19(11-2-4-13(36)5-3-11)29-23(40)15-8-45-18-7-17(38)16(37)6-14(18)22(15)39;/h2-8,19-20,26,36-38H,9-10H2,1H3,(H,29,40)(H,30,41)(H,43,44);/q;+1/p-1/t19?,20-,26+;/m1./s1. The molecule has 20 heteroatoms. The molecule has 17 nitrogen and oxygen atoms in total. The predicted octanol–water partition coefficient (Wildman–Crippen LogP) is -3.19. The number of carboxylic acids is 1. The van der Waals surface area contributed by atoms with Crippen LogP contribution in [0.2, 0.25) is 0 Å². The van der Waals surface area contributed by atoms with Gasteiger partial charge in [0.05, 0.1) is 5.39 Å². The molecule has 0 saturated carbocycles. The number of β-lactam (4-membered cyclic amide) rings is 1. The maximum atomic E-state index is 13.7. The number of carbonyl (C=O) groups excluding carboxylic acids is 3. The number of hydrogen-bond donors (Lipinski definition) is 5. The Labute approximate surface area is 299 Å². The molecular weight excluding hydrogens is 681 g/mol. The van der Waals surface area contributed by atoms with Crippen molar-refractivity contribution in [3.8, 4) is 17.2 Å². The zero-order chi connectivity index (χ0) is 33.6. The molecule has 0 aliphatic carbocycles. The van der Waals surface area contributed by atoms with Gasteiger partial charge < -0.3 is 35.5 Å². The number of benzene rings is 2. The Kier molecular flexibility index (Phi) is 10.1. The number of phenolic OH excluding ortho intramolecular Hbond substituents is 2. The van der Waals surface area contributed by atoms with Gasteiger partial charge in [-0.05, 0) is 45.8 Å². The van der Waals surface area contributed by atoms with E-state index in [2.05, 4.69) is 26.2 Å². The molecule has 0 radical (unpaired) electrons. The third kappa shape index (κ3) is 6.46. The maximum absolute atomic E-state index is 13.7. The molecule has 4 aromatic rings. The normalized spacial score (nSPS) is 17.6. The fourth-order valence-electron chi connectivity index (χ4n) is 5.00. The van der Waals surface area contributed by atoms with Gasteiger partial charge in [0.15, 0.2) is 0 Å². The number of phenols is 2. The number of nitrogens with one attached hydrogen (secondary N) is 2. The van der Waals surface area contributed by atoms with Crippen LogP contribution in [0.5, 0.6) is 17.2 Å². The number of aryl methyl sites for hydroxylation is 1. The first-order chi connectivity index (χ1) is 22.4. The Morgan fingerprint density at radius 3 is 2.58 bits per heavy atom. The number of carboxylic acid groups (broad SMARTS) is 1. The molecule has 2 aromatic heterocycles. The van der Waals surface area contributed by atoms with E-state index < -0.39 is 63.6 Å². The quantitative estimate of drug-likeness (QED) is 0.0654. The molecule has 1 saturated heterocycles. The van der Waals surface area contributed by atoms with E-state index >= 15 is 0 Å². The number of tetrazole rings is 1. The van der Waals surface area contributed by atoms with E-state index in [1.54, 1.807) is 7.05 Å². The third-order valence-corrected chi connectivity index (χ3v) is 9.80. The first kappa shape index (κ1) is 34.8. The van der Waals surface area contributed by atoms with Crippen molar-refractivity contribution >= 4 is 58.2 Å². The van der Waals surface area contributed by atoms with Crippen molar-refractivity contribution in [3.05, 3.63) is 75.3 Å². The zero-order valence-corrected chi connectivity index (χ0v) is 28.6. The molecule has 3 amide bonds. The van der Waals surface area contributed by atoms with Crippen LogP contribution in [0, 0.1) is 0 Å². The summed E-state index contributed by atoms with van der Waals surface area (Å²) in [5.74, 6) is -5.12. The van der Waals surface area contributed by atoms with E-state index in [0.29, 0.717) is 10.7 Å². The molecule has 1 unspecified atom stereocenters. The molecular formula is C28H22N7NaO10S2. The molecule has 2 aromatic carbocycles. The second-order valence-corrected chi connectivity index (χ2v) is 12.4. The first-order valence-electron chi connectivity index (χ1n) is 13.6. The number of aliphatic carboxylic acids is 1. The molecule has 5 N–H and O–H groups in total. The number of amides is 3.